The van der Waals surface area contributed by atoms with Gasteiger partial charge in [0.15, 0.2) is 23.3 Å². The number of carbonyl (C=O) groups is 1. The molecule has 90 valence electrons. The van der Waals surface area contributed by atoms with Crippen LogP contribution in [0.15, 0.2) is 0 Å². The minimum atomic E-state index is -2.32. The second kappa shape index (κ2) is 4.78. The van der Waals surface area contributed by atoms with Gasteiger partial charge in [0.05, 0.1) is 6.07 Å². The van der Waals surface area contributed by atoms with E-state index in [0.717, 1.165) is 0 Å². The third-order valence-corrected chi connectivity index (χ3v) is 1.71. The Balaban J connectivity index is 3.26. The van der Waals surface area contributed by atoms with E-state index < -0.39 is 47.1 Å². The fraction of sp³-hybridized carbons (Fsp3) is 0.111. The lowest BCUT2D eigenvalue weighted by molar-refractivity contribution is -0.115. The molecule has 0 radical (unpaired) electrons. The lowest BCUT2D eigenvalue weighted by atomic mass is 10.2. The number of hydrogen-bond donors (Lipinski definition) is 1. The van der Waals surface area contributed by atoms with Gasteiger partial charge in [0.25, 0.3) is 0 Å². The molecule has 1 N–H and O–H groups in total. The predicted octanol–water partition coefficient (Wildman–Crippen LogP) is 2.23. The number of benzene rings is 1. The molecule has 17 heavy (non-hydrogen) atoms. The molecule has 0 saturated heterocycles. The van der Waals surface area contributed by atoms with Crippen molar-refractivity contribution in [1.82, 2.24) is 0 Å². The zero-order valence-electron chi connectivity index (χ0n) is 7.95. The molecule has 0 aliphatic heterocycles. The van der Waals surface area contributed by atoms with Crippen molar-refractivity contribution in [3.05, 3.63) is 29.1 Å². The molecular formula is C9H3F5N2O. The maximum absolute atomic E-state index is 13.0. The van der Waals surface area contributed by atoms with E-state index in [4.69, 9.17) is 5.26 Å². The first-order valence-electron chi connectivity index (χ1n) is 4.08. The highest BCUT2D eigenvalue weighted by Crippen LogP contribution is 2.27. The maximum Gasteiger partial charge on any atom is 0.238 e. The molecule has 8 heteroatoms. The first kappa shape index (κ1) is 12.9. The van der Waals surface area contributed by atoms with Gasteiger partial charge >= 0.3 is 0 Å². The molecule has 1 amide bonds. The summed E-state index contributed by atoms with van der Waals surface area (Å²) in [6.45, 7) is 0. The summed E-state index contributed by atoms with van der Waals surface area (Å²) in [5.74, 6) is -12.2. The van der Waals surface area contributed by atoms with Gasteiger partial charge < -0.3 is 5.32 Å². The number of nitriles is 1. The van der Waals surface area contributed by atoms with Crippen LogP contribution >= 0.6 is 0 Å². The molecule has 1 aromatic carbocycles. The van der Waals surface area contributed by atoms with Crippen LogP contribution in [-0.4, -0.2) is 5.91 Å². The minimum Gasteiger partial charge on any atom is -0.320 e. The van der Waals surface area contributed by atoms with Crippen molar-refractivity contribution >= 4 is 11.6 Å². The van der Waals surface area contributed by atoms with Gasteiger partial charge in [0, 0.05) is 0 Å². The van der Waals surface area contributed by atoms with E-state index in [2.05, 4.69) is 0 Å². The van der Waals surface area contributed by atoms with Crippen LogP contribution in [0.5, 0.6) is 0 Å². The van der Waals surface area contributed by atoms with E-state index >= 15 is 0 Å². The molecule has 0 bridgehead atoms. The highest BCUT2D eigenvalue weighted by atomic mass is 19.2. The number of carbonyl (C=O) groups excluding carboxylic acids is 1. The average molecular weight is 250 g/mol. The first-order chi connectivity index (χ1) is 7.90. The summed E-state index contributed by atoms with van der Waals surface area (Å²) in [6.07, 6.45) is -0.778. The van der Waals surface area contributed by atoms with E-state index in [1.807, 2.05) is 0 Å². The Hall–Kier alpha value is -2.17. The standard InChI is InChI=1S/C9H3F5N2O/c10-4-5(11)7(13)9(8(14)6(4)12)16-3(17)1-2-15/h1H2,(H,16,17). The first-order valence-corrected chi connectivity index (χ1v) is 4.08. The van der Waals surface area contributed by atoms with Crippen LogP contribution in [0.2, 0.25) is 0 Å². The zero-order chi connectivity index (χ0) is 13.2. The molecule has 3 nitrogen and oxygen atoms in total. The third kappa shape index (κ3) is 2.33. The van der Waals surface area contributed by atoms with Crippen LogP contribution in [0.25, 0.3) is 0 Å². The SMILES string of the molecule is N#CCC(=O)Nc1c(F)c(F)c(F)c(F)c1F. The quantitative estimate of drug-likeness (QED) is 0.497. The second-order valence-electron chi connectivity index (χ2n) is 2.83. The van der Waals surface area contributed by atoms with Crippen LogP contribution in [-0.2, 0) is 4.79 Å². The normalized spacial score (nSPS) is 9.88. The monoisotopic (exact) mass is 250 g/mol. The topological polar surface area (TPSA) is 52.9 Å². The lowest BCUT2D eigenvalue weighted by Gasteiger charge is -2.08. The van der Waals surface area contributed by atoms with Crippen LogP contribution in [0.1, 0.15) is 6.42 Å². The fourth-order valence-electron chi connectivity index (χ4n) is 0.970. The molecule has 1 rings (SSSR count). The number of nitrogens with zero attached hydrogens (tertiary/aromatic N) is 1. The highest BCUT2D eigenvalue weighted by molar-refractivity contribution is 5.92. The van der Waals surface area contributed by atoms with Crippen molar-refractivity contribution < 1.29 is 26.7 Å². The van der Waals surface area contributed by atoms with Crippen molar-refractivity contribution in [1.29, 1.82) is 5.26 Å². The fourth-order valence-corrected chi connectivity index (χ4v) is 0.970. The van der Waals surface area contributed by atoms with E-state index in [1.54, 1.807) is 0 Å². The Morgan fingerprint density at radius 2 is 1.41 bits per heavy atom. The Kier molecular flexibility index (Phi) is 3.62. The van der Waals surface area contributed by atoms with Crippen LogP contribution in [0, 0.1) is 40.4 Å². The van der Waals surface area contributed by atoms with Gasteiger partial charge in [-0.2, -0.15) is 5.26 Å². The largest absolute Gasteiger partial charge is 0.320 e. The van der Waals surface area contributed by atoms with Crippen molar-refractivity contribution in [3.8, 4) is 6.07 Å². The van der Waals surface area contributed by atoms with Gasteiger partial charge in [-0.15, -0.1) is 0 Å². The Bertz CT molecular complexity index is 494. The molecule has 0 atom stereocenters. The molecule has 0 unspecified atom stereocenters. The number of hydrogen-bond acceptors (Lipinski definition) is 2. The average Bonchev–Trinajstić information content (AvgIpc) is 2.30. The smallest absolute Gasteiger partial charge is 0.238 e. The highest BCUT2D eigenvalue weighted by Gasteiger charge is 2.26. The minimum absolute atomic E-state index is 0.778. The van der Waals surface area contributed by atoms with Gasteiger partial charge in [-0.1, -0.05) is 0 Å². The van der Waals surface area contributed by atoms with Gasteiger partial charge in [-0.05, 0) is 0 Å². The van der Waals surface area contributed by atoms with Crippen LogP contribution in [0.3, 0.4) is 0 Å². The Morgan fingerprint density at radius 1 is 1.00 bits per heavy atom. The van der Waals surface area contributed by atoms with E-state index in [1.165, 1.54) is 11.4 Å². The number of halogens is 5. The predicted molar refractivity (Wildman–Crippen MR) is 45.1 cm³/mol. The summed E-state index contributed by atoms with van der Waals surface area (Å²) in [4.78, 5) is 10.8. The molecule has 0 aromatic heterocycles. The van der Waals surface area contributed by atoms with Gasteiger partial charge in [-0.25, -0.2) is 22.0 Å². The number of nitrogens with one attached hydrogen (secondary N) is 1. The molecule has 1 aromatic rings. The maximum atomic E-state index is 13.0. The summed E-state index contributed by atoms with van der Waals surface area (Å²) in [5.41, 5.74) is -1.47. The zero-order valence-corrected chi connectivity index (χ0v) is 7.95. The number of amides is 1. The molecule has 0 fully saturated rings. The molecule has 0 saturated carbocycles. The summed E-state index contributed by atoms with van der Waals surface area (Å²) in [5, 5.41) is 9.53. The summed E-state index contributed by atoms with van der Waals surface area (Å²) in [7, 11) is 0. The van der Waals surface area contributed by atoms with Crippen molar-refractivity contribution in [2.75, 3.05) is 5.32 Å². The molecule has 0 aliphatic rings. The van der Waals surface area contributed by atoms with Gasteiger partial charge in [0.1, 0.15) is 12.1 Å². The Morgan fingerprint density at radius 3 is 1.82 bits per heavy atom. The van der Waals surface area contributed by atoms with Gasteiger partial charge in [0.2, 0.25) is 11.7 Å². The van der Waals surface area contributed by atoms with Crippen molar-refractivity contribution in [2.45, 2.75) is 6.42 Å². The lowest BCUT2D eigenvalue weighted by Crippen LogP contribution is -2.15. The van der Waals surface area contributed by atoms with E-state index in [-0.39, 0.29) is 0 Å². The summed E-state index contributed by atoms with van der Waals surface area (Å²) < 4.78 is 63.9. The summed E-state index contributed by atoms with van der Waals surface area (Å²) >= 11 is 0. The molecular weight excluding hydrogens is 247 g/mol. The number of rotatable bonds is 2. The van der Waals surface area contributed by atoms with E-state index in [9.17, 15) is 26.7 Å². The molecule has 0 aliphatic carbocycles. The number of anilines is 1. The van der Waals surface area contributed by atoms with Gasteiger partial charge in [-0.3, -0.25) is 4.79 Å². The molecule has 0 heterocycles. The Labute approximate surface area is 91.5 Å². The second-order valence-corrected chi connectivity index (χ2v) is 2.83. The molecule has 0 spiro atoms. The summed E-state index contributed by atoms with van der Waals surface area (Å²) in [6, 6.07) is 1.35. The van der Waals surface area contributed by atoms with Crippen LogP contribution in [0.4, 0.5) is 27.6 Å². The van der Waals surface area contributed by atoms with Crippen LogP contribution < -0.4 is 5.32 Å². The van der Waals surface area contributed by atoms with E-state index in [0.29, 0.717) is 0 Å². The van der Waals surface area contributed by atoms with Crippen molar-refractivity contribution in [3.63, 3.8) is 0 Å². The van der Waals surface area contributed by atoms with Crippen molar-refractivity contribution in [2.24, 2.45) is 0 Å². The third-order valence-electron chi connectivity index (χ3n) is 1.71.